The van der Waals surface area contributed by atoms with Gasteiger partial charge in [0.25, 0.3) is 0 Å². The number of rotatable bonds is 8. The van der Waals surface area contributed by atoms with Crippen molar-refractivity contribution < 1.29 is 33.4 Å². The molecule has 3 rings (SSSR count). The molecular formula is C22H23N3O7S. The predicted octanol–water partition coefficient (Wildman–Crippen LogP) is 2.74. The van der Waals surface area contributed by atoms with Crippen LogP contribution in [0.2, 0.25) is 0 Å². The summed E-state index contributed by atoms with van der Waals surface area (Å²) >= 11 is 1.20. The smallest absolute Gasteiger partial charge is 0.341 e. The summed E-state index contributed by atoms with van der Waals surface area (Å²) in [5.41, 5.74) is 1.18. The zero-order chi connectivity index (χ0) is 24.3. The first-order valence-electron chi connectivity index (χ1n) is 10.2. The van der Waals surface area contributed by atoms with E-state index in [0.29, 0.717) is 22.0 Å². The fourth-order valence-electron chi connectivity index (χ4n) is 3.43. The number of ether oxygens (including phenoxy) is 2. The monoisotopic (exact) mass is 473 g/mol. The number of urea groups is 1. The Hall–Kier alpha value is -3.73. The van der Waals surface area contributed by atoms with Gasteiger partial charge in [-0.25, -0.2) is 19.4 Å². The van der Waals surface area contributed by atoms with Crippen LogP contribution in [0.5, 0.6) is 5.75 Å². The Bertz CT molecular complexity index is 1120. The molecule has 0 radical (unpaired) electrons. The van der Waals surface area contributed by atoms with E-state index in [9.17, 15) is 24.0 Å². The van der Waals surface area contributed by atoms with Crippen molar-refractivity contribution in [1.29, 1.82) is 0 Å². The van der Waals surface area contributed by atoms with Gasteiger partial charge in [0.1, 0.15) is 17.3 Å². The Labute approximate surface area is 194 Å². The number of esters is 1. The molecule has 1 aromatic heterocycles. The van der Waals surface area contributed by atoms with E-state index >= 15 is 0 Å². The lowest BCUT2D eigenvalue weighted by Crippen LogP contribution is -2.39. The van der Waals surface area contributed by atoms with E-state index < -0.39 is 36.3 Å². The van der Waals surface area contributed by atoms with Gasteiger partial charge in [0.2, 0.25) is 5.91 Å². The van der Waals surface area contributed by atoms with Crippen LogP contribution in [0.25, 0.3) is 0 Å². The van der Waals surface area contributed by atoms with Crippen molar-refractivity contribution in [2.75, 3.05) is 30.5 Å². The summed E-state index contributed by atoms with van der Waals surface area (Å²) in [7, 11) is 1.47. The van der Waals surface area contributed by atoms with E-state index in [2.05, 4.69) is 5.32 Å². The summed E-state index contributed by atoms with van der Waals surface area (Å²) in [5.74, 6) is -2.96. The zero-order valence-corrected chi connectivity index (χ0v) is 19.4. The number of hydrogen-bond acceptors (Lipinski definition) is 8. The quantitative estimate of drug-likeness (QED) is 0.355. The average molecular weight is 474 g/mol. The largest absolute Gasteiger partial charge is 0.497 e. The number of nitrogens with one attached hydrogen (secondary N) is 1. The van der Waals surface area contributed by atoms with Gasteiger partial charge in [0.05, 0.1) is 25.0 Å². The topological polar surface area (TPSA) is 122 Å². The van der Waals surface area contributed by atoms with Gasteiger partial charge in [-0.3, -0.25) is 14.4 Å². The van der Waals surface area contributed by atoms with Crippen molar-refractivity contribution in [1.82, 2.24) is 4.90 Å². The highest BCUT2D eigenvalue weighted by Gasteiger charge is 2.46. The third kappa shape index (κ3) is 4.58. The first-order chi connectivity index (χ1) is 15.7. The third-order valence-electron chi connectivity index (χ3n) is 4.98. The van der Waals surface area contributed by atoms with E-state index in [1.54, 1.807) is 6.92 Å². The normalized spacial score (nSPS) is 13.5. The van der Waals surface area contributed by atoms with Crippen LogP contribution < -0.4 is 15.0 Å². The van der Waals surface area contributed by atoms with Crippen LogP contribution in [-0.4, -0.2) is 54.9 Å². The van der Waals surface area contributed by atoms with Crippen molar-refractivity contribution in [3.63, 3.8) is 0 Å². The number of methoxy groups -OCH3 is 1. The lowest BCUT2D eigenvalue weighted by Gasteiger charge is -2.15. The summed E-state index contributed by atoms with van der Waals surface area (Å²) in [6.07, 6.45) is 0.556. The van der Waals surface area contributed by atoms with E-state index in [0.717, 1.165) is 10.4 Å². The Balaban J connectivity index is 1.79. The predicted molar refractivity (Wildman–Crippen MR) is 121 cm³/mol. The average Bonchev–Trinajstić information content (AvgIpc) is 3.21. The summed E-state index contributed by atoms with van der Waals surface area (Å²) in [4.78, 5) is 64.8. The van der Waals surface area contributed by atoms with Crippen LogP contribution >= 0.6 is 11.3 Å². The summed E-state index contributed by atoms with van der Waals surface area (Å²) in [6, 6.07) is 5.05. The van der Waals surface area contributed by atoms with Gasteiger partial charge in [0.15, 0.2) is 0 Å². The molecule has 2 heterocycles. The van der Waals surface area contributed by atoms with Gasteiger partial charge in [-0.15, -0.1) is 11.3 Å². The van der Waals surface area contributed by atoms with Crippen LogP contribution in [0, 0.1) is 6.92 Å². The second-order valence-corrected chi connectivity index (χ2v) is 8.20. The highest BCUT2D eigenvalue weighted by atomic mass is 32.1. The highest BCUT2D eigenvalue weighted by molar-refractivity contribution is 7.16. The third-order valence-corrected chi connectivity index (χ3v) is 6.04. The first kappa shape index (κ1) is 23.9. The Morgan fingerprint density at radius 3 is 2.30 bits per heavy atom. The van der Waals surface area contributed by atoms with Gasteiger partial charge in [-0.05, 0) is 50.1 Å². The van der Waals surface area contributed by atoms with E-state index in [4.69, 9.17) is 9.47 Å². The maximum atomic E-state index is 12.8. The molecule has 0 saturated carbocycles. The molecule has 11 heteroatoms. The maximum absolute atomic E-state index is 12.8. The molecule has 2 aromatic rings. The molecule has 1 aromatic carbocycles. The number of imide groups is 2. The second kappa shape index (κ2) is 9.82. The molecule has 5 amide bonds. The van der Waals surface area contributed by atoms with Gasteiger partial charge in [-0.2, -0.15) is 0 Å². The molecule has 1 fully saturated rings. The molecule has 0 spiro atoms. The number of thiophene rings is 1. The molecule has 0 atom stereocenters. The van der Waals surface area contributed by atoms with Crippen molar-refractivity contribution in [3.05, 3.63) is 40.3 Å². The zero-order valence-electron chi connectivity index (χ0n) is 18.6. The van der Waals surface area contributed by atoms with Crippen molar-refractivity contribution >= 4 is 51.7 Å². The van der Waals surface area contributed by atoms with Gasteiger partial charge < -0.3 is 14.8 Å². The Morgan fingerprint density at radius 1 is 1.06 bits per heavy atom. The Kier molecular flexibility index (Phi) is 7.12. The molecular weight excluding hydrogens is 450 g/mol. The first-order valence-corrected chi connectivity index (χ1v) is 11.0. The maximum Gasteiger partial charge on any atom is 0.341 e. The standard InChI is InChI=1S/C22H23N3O7S/c1-5-15-12(3)33-18(17(15)21(29)32-6-2)23-16(26)11-24-19(27)20(28)25(22(24)30)13-7-9-14(31-4)10-8-13/h7-10H,5-6,11H2,1-4H3,(H,23,26). The van der Waals surface area contributed by atoms with E-state index in [1.165, 1.54) is 42.7 Å². The molecule has 10 nitrogen and oxygen atoms in total. The molecule has 1 N–H and O–H groups in total. The molecule has 0 aliphatic carbocycles. The molecule has 1 saturated heterocycles. The summed E-state index contributed by atoms with van der Waals surface area (Å²) in [6.45, 7) is 4.86. The second-order valence-electron chi connectivity index (χ2n) is 6.98. The van der Waals surface area contributed by atoms with Crippen LogP contribution in [-0.2, 0) is 25.5 Å². The minimum absolute atomic E-state index is 0.171. The Morgan fingerprint density at radius 2 is 1.73 bits per heavy atom. The highest BCUT2D eigenvalue weighted by Crippen LogP contribution is 2.34. The molecule has 33 heavy (non-hydrogen) atoms. The molecule has 174 valence electrons. The van der Waals surface area contributed by atoms with Gasteiger partial charge in [-0.1, -0.05) is 6.92 Å². The van der Waals surface area contributed by atoms with Crippen LogP contribution in [0.15, 0.2) is 24.3 Å². The van der Waals surface area contributed by atoms with Gasteiger partial charge in [0, 0.05) is 4.88 Å². The summed E-state index contributed by atoms with van der Waals surface area (Å²) in [5, 5.41) is 2.85. The minimum atomic E-state index is -1.12. The number of aryl methyl sites for hydroxylation is 1. The molecule has 1 aliphatic heterocycles. The number of nitrogens with zero attached hydrogens (tertiary/aromatic N) is 2. The summed E-state index contributed by atoms with van der Waals surface area (Å²) < 4.78 is 10.2. The van der Waals surface area contributed by atoms with Crippen molar-refractivity contribution in [3.8, 4) is 5.75 Å². The lowest BCUT2D eigenvalue weighted by atomic mass is 10.1. The van der Waals surface area contributed by atoms with Crippen LogP contribution in [0.1, 0.15) is 34.6 Å². The number of carbonyl (C=O) groups excluding carboxylic acids is 5. The van der Waals surface area contributed by atoms with E-state index in [-0.39, 0.29) is 22.9 Å². The van der Waals surface area contributed by atoms with Gasteiger partial charge >= 0.3 is 23.8 Å². The number of benzene rings is 1. The SMILES string of the molecule is CCOC(=O)c1c(NC(=O)CN2C(=O)C(=O)N(c3ccc(OC)cc3)C2=O)sc(C)c1CC. The van der Waals surface area contributed by atoms with E-state index in [1.807, 2.05) is 13.8 Å². The lowest BCUT2D eigenvalue weighted by molar-refractivity contribution is -0.140. The fourth-order valence-corrected chi connectivity index (χ4v) is 4.57. The van der Waals surface area contributed by atoms with Crippen LogP contribution in [0.4, 0.5) is 15.5 Å². The molecule has 0 bridgehead atoms. The number of carbonyl (C=O) groups is 5. The van der Waals surface area contributed by atoms with Crippen molar-refractivity contribution in [2.24, 2.45) is 0 Å². The van der Waals surface area contributed by atoms with Crippen LogP contribution in [0.3, 0.4) is 0 Å². The number of anilines is 2. The van der Waals surface area contributed by atoms with Crippen molar-refractivity contribution in [2.45, 2.75) is 27.2 Å². The number of amides is 5. The molecule has 1 aliphatic rings. The fraction of sp³-hybridized carbons (Fsp3) is 0.318. The number of hydrogen-bond donors (Lipinski definition) is 1. The molecule has 0 unspecified atom stereocenters. The minimum Gasteiger partial charge on any atom is -0.497 e.